The maximum absolute atomic E-state index is 11.7. The monoisotopic (exact) mass is 343 g/mol. The van der Waals surface area contributed by atoms with Crippen molar-refractivity contribution in [2.75, 3.05) is 20.8 Å². The minimum atomic E-state index is -0.628. The van der Waals surface area contributed by atoms with Gasteiger partial charge in [0.1, 0.15) is 5.58 Å². The van der Waals surface area contributed by atoms with Gasteiger partial charge in [-0.2, -0.15) is 0 Å². The zero-order valence-electron chi connectivity index (χ0n) is 13.9. The molecule has 25 heavy (non-hydrogen) atoms. The van der Waals surface area contributed by atoms with E-state index in [1.807, 2.05) is 24.3 Å². The molecule has 3 aromatic rings. The van der Waals surface area contributed by atoms with Crippen LogP contribution in [-0.4, -0.2) is 31.7 Å². The standard InChI is InChI=1S/C18H17NO6/c1-23-15-8-7-12(11(10-19(21)22)9-16(20)24-2)17-13-5-3-4-6-14(13)25-18(15)17/h3-8,11H,9-10H2,1-2H3. The molecule has 0 amide bonds. The summed E-state index contributed by atoms with van der Waals surface area (Å²) in [5.41, 5.74) is 1.84. The molecule has 7 nitrogen and oxygen atoms in total. The molecule has 0 N–H and O–H groups in total. The second-order valence-corrected chi connectivity index (χ2v) is 5.65. The van der Waals surface area contributed by atoms with Gasteiger partial charge in [0.05, 0.1) is 26.6 Å². The van der Waals surface area contributed by atoms with E-state index in [2.05, 4.69) is 0 Å². The Kier molecular flexibility index (Phi) is 4.56. The number of methoxy groups -OCH3 is 2. The quantitative estimate of drug-likeness (QED) is 0.386. The largest absolute Gasteiger partial charge is 0.493 e. The summed E-state index contributed by atoms with van der Waals surface area (Å²) >= 11 is 0. The van der Waals surface area contributed by atoms with Crippen molar-refractivity contribution >= 4 is 27.9 Å². The maximum atomic E-state index is 11.7. The lowest BCUT2D eigenvalue weighted by atomic mass is 9.91. The van der Waals surface area contributed by atoms with Crippen molar-refractivity contribution in [2.24, 2.45) is 0 Å². The number of fused-ring (bicyclic) bond motifs is 3. The van der Waals surface area contributed by atoms with Crippen LogP contribution in [0.4, 0.5) is 0 Å². The number of furan rings is 1. The van der Waals surface area contributed by atoms with Crippen LogP contribution < -0.4 is 4.74 Å². The zero-order chi connectivity index (χ0) is 18.0. The number of carbonyl (C=O) groups excluding carboxylic acids is 1. The normalized spacial score (nSPS) is 12.2. The molecule has 0 aliphatic heterocycles. The molecule has 0 spiro atoms. The molecule has 1 aromatic heterocycles. The first-order valence-electron chi connectivity index (χ1n) is 7.72. The Morgan fingerprint density at radius 1 is 1.24 bits per heavy atom. The molecular weight excluding hydrogens is 326 g/mol. The molecule has 1 unspecified atom stereocenters. The average Bonchev–Trinajstić information content (AvgIpc) is 2.99. The van der Waals surface area contributed by atoms with Crippen molar-refractivity contribution in [1.82, 2.24) is 0 Å². The van der Waals surface area contributed by atoms with Gasteiger partial charge < -0.3 is 13.9 Å². The van der Waals surface area contributed by atoms with Gasteiger partial charge in [-0.25, -0.2) is 0 Å². The minimum Gasteiger partial charge on any atom is -0.493 e. The SMILES string of the molecule is COC(=O)CC(C[N+](=O)[O-])c1ccc(OC)c2oc3ccccc3c12. The van der Waals surface area contributed by atoms with E-state index < -0.39 is 16.8 Å². The van der Waals surface area contributed by atoms with E-state index in [9.17, 15) is 14.9 Å². The fourth-order valence-electron chi connectivity index (χ4n) is 3.07. The van der Waals surface area contributed by atoms with Crippen LogP contribution in [0.15, 0.2) is 40.8 Å². The first-order chi connectivity index (χ1) is 12.0. The summed E-state index contributed by atoms with van der Waals surface area (Å²) in [6.07, 6.45) is -0.0849. The van der Waals surface area contributed by atoms with Gasteiger partial charge in [0.2, 0.25) is 6.54 Å². The third kappa shape index (κ3) is 3.13. The molecule has 0 saturated carbocycles. The van der Waals surface area contributed by atoms with Crippen LogP contribution in [0, 0.1) is 10.1 Å². The average molecular weight is 343 g/mol. The molecule has 0 bridgehead atoms. The number of benzene rings is 2. The van der Waals surface area contributed by atoms with E-state index in [-0.39, 0.29) is 13.0 Å². The van der Waals surface area contributed by atoms with Crippen LogP contribution in [0.5, 0.6) is 5.75 Å². The molecular formula is C18H17NO6. The lowest BCUT2D eigenvalue weighted by molar-refractivity contribution is -0.483. The van der Waals surface area contributed by atoms with Crippen LogP contribution in [0.1, 0.15) is 17.9 Å². The van der Waals surface area contributed by atoms with Crippen LogP contribution in [0.2, 0.25) is 0 Å². The van der Waals surface area contributed by atoms with Crippen molar-refractivity contribution < 1.29 is 23.6 Å². The third-order valence-corrected chi connectivity index (χ3v) is 4.19. The highest BCUT2D eigenvalue weighted by Gasteiger charge is 2.27. The van der Waals surface area contributed by atoms with E-state index in [1.165, 1.54) is 14.2 Å². The van der Waals surface area contributed by atoms with Gasteiger partial charge in [0.25, 0.3) is 0 Å². The van der Waals surface area contributed by atoms with Crippen LogP contribution in [0.3, 0.4) is 0 Å². The number of hydrogen-bond donors (Lipinski definition) is 0. The van der Waals surface area contributed by atoms with Gasteiger partial charge >= 0.3 is 5.97 Å². The number of esters is 1. The molecule has 130 valence electrons. The van der Waals surface area contributed by atoms with Crippen molar-refractivity contribution in [3.63, 3.8) is 0 Å². The summed E-state index contributed by atoms with van der Waals surface area (Å²) in [7, 11) is 2.80. The molecule has 2 aromatic carbocycles. The van der Waals surface area contributed by atoms with Gasteiger partial charge in [0, 0.05) is 15.7 Å². The number of nitrogens with zero attached hydrogens (tertiary/aromatic N) is 1. The van der Waals surface area contributed by atoms with Crippen LogP contribution >= 0.6 is 0 Å². The van der Waals surface area contributed by atoms with Gasteiger partial charge in [-0.1, -0.05) is 24.3 Å². The Hall–Kier alpha value is -3.09. The lowest BCUT2D eigenvalue weighted by Gasteiger charge is -2.14. The zero-order valence-corrected chi connectivity index (χ0v) is 13.9. The smallest absolute Gasteiger partial charge is 0.306 e. The Balaban J connectivity index is 2.25. The Morgan fingerprint density at radius 2 is 2.00 bits per heavy atom. The van der Waals surface area contributed by atoms with Crippen molar-refractivity contribution in [3.8, 4) is 5.75 Å². The van der Waals surface area contributed by atoms with Gasteiger partial charge in [-0.15, -0.1) is 0 Å². The molecule has 0 aliphatic rings. The van der Waals surface area contributed by atoms with E-state index in [1.54, 1.807) is 12.1 Å². The first-order valence-corrected chi connectivity index (χ1v) is 7.72. The highest BCUT2D eigenvalue weighted by molar-refractivity contribution is 6.09. The van der Waals surface area contributed by atoms with E-state index >= 15 is 0 Å². The summed E-state index contributed by atoms with van der Waals surface area (Å²) in [5.74, 6) is -0.589. The second-order valence-electron chi connectivity index (χ2n) is 5.65. The first kappa shape index (κ1) is 16.8. The van der Waals surface area contributed by atoms with Crippen molar-refractivity contribution in [1.29, 1.82) is 0 Å². The predicted octanol–water partition coefficient (Wildman–Crippen LogP) is 3.52. The predicted molar refractivity (Wildman–Crippen MR) is 91.5 cm³/mol. The fraction of sp³-hybridized carbons (Fsp3) is 0.278. The molecule has 0 aliphatic carbocycles. The maximum Gasteiger partial charge on any atom is 0.306 e. The van der Waals surface area contributed by atoms with E-state index in [0.717, 1.165) is 10.8 Å². The molecule has 0 saturated heterocycles. The Bertz CT molecular complexity index is 945. The lowest BCUT2D eigenvalue weighted by Crippen LogP contribution is -2.17. The van der Waals surface area contributed by atoms with E-state index in [0.29, 0.717) is 22.5 Å². The van der Waals surface area contributed by atoms with Crippen LogP contribution in [-0.2, 0) is 9.53 Å². The van der Waals surface area contributed by atoms with Crippen molar-refractivity contribution in [3.05, 3.63) is 52.1 Å². The molecule has 1 atom stereocenters. The second kappa shape index (κ2) is 6.80. The molecule has 7 heteroatoms. The summed E-state index contributed by atoms with van der Waals surface area (Å²) < 4.78 is 15.9. The summed E-state index contributed by atoms with van der Waals surface area (Å²) in [4.78, 5) is 22.4. The number of rotatable bonds is 6. The van der Waals surface area contributed by atoms with Gasteiger partial charge in [-0.05, 0) is 17.7 Å². The number of carbonyl (C=O) groups is 1. The summed E-state index contributed by atoms with van der Waals surface area (Å²) in [5, 5.41) is 12.7. The Morgan fingerprint density at radius 3 is 2.68 bits per heavy atom. The third-order valence-electron chi connectivity index (χ3n) is 4.19. The fourth-order valence-corrected chi connectivity index (χ4v) is 3.07. The van der Waals surface area contributed by atoms with Crippen LogP contribution in [0.25, 0.3) is 21.9 Å². The van der Waals surface area contributed by atoms with Gasteiger partial charge in [-0.3, -0.25) is 14.9 Å². The molecule has 1 heterocycles. The summed E-state index contributed by atoms with van der Waals surface area (Å²) in [6.45, 7) is -0.379. The minimum absolute atomic E-state index is 0.0849. The highest BCUT2D eigenvalue weighted by Crippen LogP contribution is 2.40. The van der Waals surface area contributed by atoms with Gasteiger partial charge in [0.15, 0.2) is 11.3 Å². The number of ether oxygens (including phenoxy) is 2. The topological polar surface area (TPSA) is 91.8 Å². The molecule has 0 radical (unpaired) electrons. The number of nitro groups is 1. The van der Waals surface area contributed by atoms with E-state index in [4.69, 9.17) is 13.9 Å². The highest BCUT2D eigenvalue weighted by atomic mass is 16.6. The Labute approximate surface area is 143 Å². The number of para-hydroxylation sites is 1. The molecule has 0 fully saturated rings. The molecule has 3 rings (SSSR count). The number of hydrogen-bond acceptors (Lipinski definition) is 6. The summed E-state index contributed by atoms with van der Waals surface area (Å²) in [6, 6.07) is 10.9. The van der Waals surface area contributed by atoms with Crippen molar-refractivity contribution in [2.45, 2.75) is 12.3 Å².